The molecule has 1 fully saturated rings. The summed E-state index contributed by atoms with van der Waals surface area (Å²) in [7, 11) is 0. The van der Waals surface area contributed by atoms with Crippen molar-refractivity contribution < 1.29 is 9.59 Å². The van der Waals surface area contributed by atoms with Gasteiger partial charge in [-0.05, 0) is 49.3 Å². The van der Waals surface area contributed by atoms with Crippen LogP contribution in [-0.2, 0) is 17.9 Å². The lowest BCUT2D eigenvalue weighted by Crippen LogP contribution is -2.65. The molecule has 0 unspecified atom stereocenters. The summed E-state index contributed by atoms with van der Waals surface area (Å²) in [6, 6.07) is 11.9. The molecular formula is C24H28N4O2S. The van der Waals surface area contributed by atoms with Crippen LogP contribution in [0.5, 0.6) is 0 Å². The Hall–Kier alpha value is -2.67. The number of carbonyl (C=O) groups is 2. The molecule has 3 aromatic rings. The van der Waals surface area contributed by atoms with Crippen molar-refractivity contribution in [2.75, 3.05) is 0 Å². The number of nitrogens with one attached hydrogen (secondary N) is 1. The normalized spacial score (nSPS) is 26.1. The Bertz CT molecular complexity index is 1120. The van der Waals surface area contributed by atoms with Crippen LogP contribution in [0, 0.1) is 5.92 Å². The van der Waals surface area contributed by atoms with Crippen molar-refractivity contribution in [3.8, 4) is 0 Å². The van der Waals surface area contributed by atoms with Gasteiger partial charge in [-0.3, -0.25) is 9.59 Å². The van der Waals surface area contributed by atoms with E-state index in [1.165, 1.54) is 6.42 Å². The van der Waals surface area contributed by atoms with Gasteiger partial charge in [0.2, 0.25) is 5.91 Å². The summed E-state index contributed by atoms with van der Waals surface area (Å²) in [5, 5.41) is 5.32. The van der Waals surface area contributed by atoms with Crippen molar-refractivity contribution in [2.24, 2.45) is 5.92 Å². The molecule has 5 rings (SSSR count). The maximum absolute atomic E-state index is 13.8. The number of benzene rings is 1. The SMILES string of the molecule is C[C@@H]1CCCC[C@@H]1NC(=O)[C@@]1(C)Cn2c(nc3ccccc32)C(=O)N1Cc1cccs1. The van der Waals surface area contributed by atoms with E-state index < -0.39 is 5.54 Å². The van der Waals surface area contributed by atoms with Crippen LogP contribution in [0.1, 0.15) is 55.0 Å². The van der Waals surface area contributed by atoms with Crippen molar-refractivity contribution in [3.63, 3.8) is 0 Å². The largest absolute Gasteiger partial charge is 0.351 e. The van der Waals surface area contributed by atoms with Crippen LogP contribution < -0.4 is 5.32 Å². The minimum absolute atomic E-state index is 0.0698. The molecule has 162 valence electrons. The minimum Gasteiger partial charge on any atom is -0.351 e. The first-order chi connectivity index (χ1) is 15.0. The molecule has 0 radical (unpaired) electrons. The van der Waals surface area contributed by atoms with Gasteiger partial charge < -0.3 is 14.8 Å². The first-order valence-electron chi connectivity index (χ1n) is 11.1. The maximum Gasteiger partial charge on any atom is 0.291 e. The Balaban J connectivity index is 1.54. The number of hydrogen-bond donors (Lipinski definition) is 1. The van der Waals surface area contributed by atoms with Gasteiger partial charge in [0.1, 0.15) is 5.54 Å². The second-order valence-electron chi connectivity index (χ2n) is 9.10. The average Bonchev–Trinajstić information content (AvgIpc) is 3.41. The zero-order chi connectivity index (χ0) is 21.6. The summed E-state index contributed by atoms with van der Waals surface area (Å²) in [5.74, 6) is 0.606. The fourth-order valence-corrected chi connectivity index (χ4v) is 5.68. The Morgan fingerprint density at radius 1 is 1.23 bits per heavy atom. The molecule has 1 saturated carbocycles. The third-order valence-corrected chi connectivity index (χ3v) is 7.83. The number of fused-ring (bicyclic) bond motifs is 3. The standard InChI is InChI=1S/C24H28N4O2S/c1-16-8-3-4-10-18(16)26-23(30)24(2)15-27-20-12-6-5-11-19(20)25-21(27)22(29)28(24)14-17-9-7-13-31-17/h5-7,9,11-13,16,18H,3-4,8,10,14-15H2,1-2H3,(H,26,30)/t16-,18+,24-/m1/s1. The summed E-state index contributed by atoms with van der Waals surface area (Å²) in [5.41, 5.74) is 0.688. The topological polar surface area (TPSA) is 67.2 Å². The summed E-state index contributed by atoms with van der Waals surface area (Å²) in [4.78, 5) is 34.8. The Kier molecular flexibility index (Phi) is 5.08. The highest BCUT2D eigenvalue weighted by molar-refractivity contribution is 7.09. The first-order valence-corrected chi connectivity index (χ1v) is 12.0. The molecular weight excluding hydrogens is 408 g/mol. The number of thiophene rings is 1. The van der Waals surface area contributed by atoms with E-state index in [0.29, 0.717) is 24.8 Å². The highest BCUT2D eigenvalue weighted by Crippen LogP contribution is 2.33. The number of aromatic nitrogens is 2. The van der Waals surface area contributed by atoms with E-state index in [-0.39, 0.29) is 17.9 Å². The van der Waals surface area contributed by atoms with Crippen LogP contribution in [0.3, 0.4) is 0 Å². The van der Waals surface area contributed by atoms with E-state index in [1.807, 2.05) is 53.3 Å². The number of hydrogen-bond acceptors (Lipinski definition) is 4. The number of nitrogens with zero attached hydrogens (tertiary/aromatic N) is 3. The smallest absolute Gasteiger partial charge is 0.291 e. The fraction of sp³-hybridized carbons (Fsp3) is 0.458. The van der Waals surface area contributed by atoms with Crippen molar-refractivity contribution in [3.05, 3.63) is 52.5 Å². The molecule has 2 aromatic heterocycles. The molecule has 6 nitrogen and oxygen atoms in total. The summed E-state index contributed by atoms with van der Waals surface area (Å²) in [6.45, 7) is 4.92. The Morgan fingerprint density at radius 3 is 2.81 bits per heavy atom. The Morgan fingerprint density at radius 2 is 2.03 bits per heavy atom. The van der Waals surface area contributed by atoms with Crippen LogP contribution in [0.25, 0.3) is 11.0 Å². The molecule has 0 spiro atoms. The van der Waals surface area contributed by atoms with E-state index >= 15 is 0 Å². The summed E-state index contributed by atoms with van der Waals surface area (Å²) < 4.78 is 1.92. The van der Waals surface area contributed by atoms with Gasteiger partial charge in [0.25, 0.3) is 5.91 Å². The molecule has 0 saturated heterocycles. The number of rotatable bonds is 4. The third-order valence-electron chi connectivity index (χ3n) is 6.96. The van der Waals surface area contributed by atoms with E-state index in [4.69, 9.17) is 0 Å². The molecule has 7 heteroatoms. The molecule has 3 atom stereocenters. The molecule has 31 heavy (non-hydrogen) atoms. The predicted octanol–water partition coefficient (Wildman–Crippen LogP) is 4.21. The second kappa shape index (κ2) is 7.79. The van der Waals surface area contributed by atoms with Gasteiger partial charge in [-0.1, -0.05) is 38.0 Å². The lowest BCUT2D eigenvalue weighted by molar-refractivity contribution is -0.134. The quantitative estimate of drug-likeness (QED) is 0.666. The fourth-order valence-electron chi connectivity index (χ4n) is 4.99. The number of imidazole rings is 1. The van der Waals surface area contributed by atoms with Crippen LogP contribution in [0.2, 0.25) is 0 Å². The third kappa shape index (κ3) is 3.45. The highest BCUT2D eigenvalue weighted by atomic mass is 32.1. The van der Waals surface area contributed by atoms with Gasteiger partial charge in [-0.25, -0.2) is 4.98 Å². The van der Waals surface area contributed by atoms with Gasteiger partial charge in [-0.15, -0.1) is 11.3 Å². The molecule has 2 amide bonds. The van der Waals surface area contributed by atoms with Gasteiger partial charge in [-0.2, -0.15) is 0 Å². The zero-order valence-corrected chi connectivity index (χ0v) is 18.8. The summed E-state index contributed by atoms with van der Waals surface area (Å²) >= 11 is 1.60. The molecule has 3 heterocycles. The van der Waals surface area contributed by atoms with E-state index in [9.17, 15) is 9.59 Å². The van der Waals surface area contributed by atoms with Crippen molar-refractivity contribution in [1.29, 1.82) is 0 Å². The number of amides is 2. The van der Waals surface area contributed by atoms with Crippen LogP contribution in [0.4, 0.5) is 0 Å². The van der Waals surface area contributed by atoms with Crippen LogP contribution in [0.15, 0.2) is 41.8 Å². The zero-order valence-electron chi connectivity index (χ0n) is 18.0. The van der Waals surface area contributed by atoms with E-state index in [0.717, 1.165) is 35.2 Å². The summed E-state index contributed by atoms with van der Waals surface area (Å²) in [6.07, 6.45) is 4.50. The van der Waals surface area contributed by atoms with Gasteiger partial charge in [0.15, 0.2) is 5.82 Å². The molecule has 1 aliphatic carbocycles. The monoisotopic (exact) mass is 436 g/mol. The van der Waals surface area contributed by atoms with Crippen molar-refractivity contribution >= 4 is 34.2 Å². The van der Waals surface area contributed by atoms with Gasteiger partial charge >= 0.3 is 0 Å². The number of carbonyl (C=O) groups excluding carboxylic acids is 2. The lowest BCUT2D eigenvalue weighted by atomic mass is 9.85. The highest BCUT2D eigenvalue weighted by Gasteiger charge is 2.49. The maximum atomic E-state index is 13.8. The predicted molar refractivity (Wildman–Crippen MR) is 122 cm³/mol. The first kappa shape index (κ1) is 20.2. The van der Waals surface area contributed by atoms with Crippen LogP contribution >= 0.6 is 11.3 Å². The Labute approximate surface area is 186 Å². The van der Waals surface area contributed by atoms with Crippen LogP contribution in [-0.4, -0.2) is 37.8 Å². The second-order valence-corrected chi connectivity index (χ2v) is 10.1. The molecule has 1 aliphatic heterocycles. The van der Waals surface area contributed by atoms with E-state index in [2.05, 4.69) is 17.2 Å². The van der Waals surface area contributed by atoms with Gasteiger partial charge in [0.05, 0.1) is 24.1 Å². The van der Waals surface area contributed by atoms with E-state index in [1.54, 1.807) is 16.2 Å². The number of para-hydroxylation sites is 2. The van der Waals surface area contributed by atoms with Crippen molar-refractivity contribution in [1.82, 2.24) is 19.8 Å². The molecule has 0 bridgehead atoms. The molecule has 2 aliphatic rings. The minimum atomic E-state index is -0.991. The lowest BCUT2D eigenvalue weighted by Gasteiger charge is -2.44. The van der Waals surface area contributed by atoms with Crippen molar-refractivity contribution in [2.45, 2.75) is 64.2 Å². The molecule has 1 N–H and O–H groups in total. The van der Waals surface area contributed by atoms with Gasteiger partial charge in [0, 0.05) is 10.9 Å². The average molecular weight is 437 g/mol. The molecule has 1 aromatic carbocycles.